The third kappa shape index (κ3) is 6.64. The predicted molar refractivity (Wildman–Crippen MR) is 166 cm³/mol. The number of amides is 1. The number of fused-ring (bicyclic) bond motifs is 1. The van der Waals surface area contributed by atoms with E-state index in [1.807, 2.05) is 37.5 Å². The summed E-state index contributed by atoms with van der Waals surface area (Å²) in [6.45, 7) is 10.7. The first-order valence-electron chi connectivity index (χ1n) is 14.7. The van der Waals surface area contributed by atoms with Crippen LogP contribution < -0.4 is 15.5 Å². The van der Waals surface area contributed by atoms with Crippen molar-refractivity contribution in [3.8, 4) is 0 Å². The minimum atomic E-state index is -0.581. The molecule has 2 aliphatic rings. The SMILES string of the molecule is CN1CCN(c2ccc(Nc3ncc4nc(Nc5ccc(F)cc5)n([C@H]5CCN(C(=O)OC(C)(C)C)C5)c4n3)cc2)CC1. The van der Waals surface area contributed by atoms with Crippen molar-refractivity contribution in [2.24, 2.45) is 0 Å². The highest BCUT2D eigenvalue weighted by Crippen LogP contribution is 2.32. The summed E-state index contributed by atoms with van der Waals surface area (Å²) in [6.07, 6.45) is 2.05. The minimum Gasteiger partial charge on any atom is -0.444 e. The Hall–Kier alpha value is -4.45. The summed E-state index contributed by atoms with van der Waals surface area (Å²) in [5, 5.41) is 6.64. The third-order valence-corrected chi connectivity index (χ3v) is 7.71. The molecule has 4 aromatic rings. The van der Waals surface area contributed by atoms with E-state index in [0.29, 0.717) is 48.3 Å². The van der Waals surface area contributed by atoms with E-state index in [2.05, 4.69) is 44.6 Å². The van der Waals surface area contributed by atoms with Gasteiger partial charge in [0.15, 0.2) is 5.65 Å². The van der Waals surface area contributed by atoms with Gasteiger partial charge in [-0.2, -0.15) is 4.98 Å². The van der Waals surface area contributed by atoms with Crippen LogP contribution in [0.15, 0.2) is 54.7 Å². The van der Waals surface area contributed by atoms with Gasteiger partial charge in [-0.05, 0) is 82.8 Å². The molecule has 2 fully saturated rings. The van der Waals surface area contributed by atoms with Gasteiger partial charge < -0.3 is 30.1 Å². The minimum absolute atomic E-state index is 0.105. The highest BCUT2D eigenvalue weighted by atomic mass is 19.1. The number of aromatic nitrogens is 4. The molecule has 43 heavy (non-hydrogen) atoms. The van der Waals surface area contributed by atoms with E-state index in [1.54, 1.807) is 23.2 Å². The summed E-state index contributed by atoms with van der Waals surface area (Å²) >= 11 is 0. The molecule has 2 N–H and O–H groups in total. The van der Waals surface area contributed by atoms with Crippen LogP contribution in [0, 0.1) is 5.82 Å². The first-order valence-corrected chi connectivity index (χ1v) is 14.7. The van der Waals surface area contributed by atoms with E-state index >= 15 is 0 Å². The van der Waals surface area contributed by atoms with Gasteiger partial charge in [0.05, 0.1) is 12.2 Å². The van der Waals surface area contributed by atoms with Crippen molar-refractivity contribution in [3.05, 3.63) is 60.5 Å². The van der Waals surface area contributed by atoms with Crippen LogP contribution in [0.1, 0.15) is 33.2 Å². The van der Waals surface area contributed by atoms with Gasteiger partial charge in [0, 0.05) is 56.3 Å². The molecule has 226 valence electrons. The fourth-order valence-corrected chi connectivity index (χ4v) is 5.44. The molecule has 4 heterocycles. The number of likely N-dealkylation sites (N-methyl/N-ethyl adjacent to an activating group) is 1. The van der Waals surface area contributed by atoms with Gasteiger partial charge in [0.25, 0.3) is 0 Å². The number of piperazine rings is 1. The number of anilines is 5. The molecule has 11 nitrogen and oxygen atoms in total. The zero-order chi connectivity index (χ0) is 30.1. The number of benzene rings is 2. The summed E-state index contributed by atoms with van der Waals surface area (Å²) in [5.74, 6) is 0.665. The molecule has 1 amide bonds. The molecule has 1 atom stereocenters. The second-order valence-electron chi connectivity index (χ2n) is 12.2. The number of halogens is 1. The molecule has 2 aromatic carbocycles. The molecule has 2 aromatic heterocycles. The monoisotopic (exact) mass is 587 g/mol. The summed E-state index contributed by atoms with van der Waals surface area (Å²) in [7, 11) is 2.15. The van der Waals surface area contributed by atoms with E-state index in [4.69, 9.17) is 14.7 Å². The standard InChI is InChI=1S/C31H38FN9O2/c1-31(2,3)43-30(42)40-14-13-25(20-40)41-27-26(36-29(41)35-23-7-5-21(32)6-8-23)19-33-28(37-27)34-22-9-11-24(12-10-22)39-17-15-38(4)16-18-39/h5-12,19,25H,13-18,20H2,1-4H3,(H,35,36)(H,33,34,37)/t25-/m0/s1. The van der Waals surface area contributed by atoms with Gasteiger partial charge in [-0.1, -0.05) is 0 Å². The molecule has 2 aliphatic heterocycles. The number of carbonyl (C=O) groups is 1. The molecule has 0 spiro atoms. The quantitative estimate of drug-likeness (QED) is 0.307. The van der Waals surface area contributed by atoms with Crippen LogP contribution in [0.5, 0.6) is 0 Å². The van der Waals surface area contributed by atoms with Crippen LogP contribution in [0.4, 0.5) is 38.1 Å². The number of carbonyl (C=O) groups excluding carboxylic acids is 1. The Bertz CT molecular complexity index is 1580. The predicted octanol–water partition coefficient (Wildman–Crippen LogP) is 5.39. The number of nitrogens with zero attached hydrogens (tertiary/aromatic N) is 7. The zero-order valence-corrected chi connectivity index (χ0v) is 25.0. The molecule has 6 rings (SSSR count). The molecule has 12 heteroatoms. The Balaban J connectivity index is 1.27. The van der Waals surface area contributed by atoms with Crippen molar-refractivity contribution in [1.29, 1.82) is 0 Å². The lowest BCUT2D eigenvalue weighted by Gasteiger charge is -2.34. The molecule has 0 aliphatic carbocycles. The summed E-state index contributed by atoms with van der Waals surface area (Å²) < 4.78 is 21.2. The Morgan fingerprint density at radius 3 is 2.30 bits per heavy atom. The fraction of sp³-hybridized carbons (Fsp3) is 0.419. The lowest BCUT2D eigenvalue weighted by atomic mass is 10.2. The van der Waals surface area contributed by atoms with Crippen molar-refractivity contribution >= 4 is 46.2 Å². The number of imidazole rings is 1. The van der Waals surface area contributed by atoms with Gasteiger partial charge in [0.1, 0.15) is 16.9 Å². The summed E-state index contributed by atoms with van der Waals surface area (Å²) in [5.41, 5.74) is 3.42. The topological polar surface area (TPSA) is 104 Å². The Kier molecular flexibility index (Phi) is 7.78. The third-order valence-electron chi connectivity index (χ3n) is 7.71. The number of rotatable bonds is 6. The van der Waals surface area contributed by atoms with Crippen molar-refractivity contribution in [2.75, 3.05) is 61.8 Å². The summed E-state index contributed by atoms with van der Waals surface area (Å²) in [6, 6.07) is 14.3. The maximum atomic E-state index is 13.6. The lowest BCUT2D eigenvalue weighted by molar-refractivity contribution is 0.0289. The maximum absolute atomic E-state index is 13.6. The Morgan fingerprint density at radius 1 is 0.930 bits per heavy atom. The number of hydrogen-bond acceptors (Lipinski definition) is 9. The zero-order valence-electron chi connectivity index (χ0n) is 25.0. The normalized spacial score (nSPS) is 17.8. The van der Waals surface area contributed by atoms with Crippen LogP contribution in [0.3, 0.4) is 0 Å². The molecule has 0 unspecified atom stereocenters. The number of ether oxygens (including phenoxy) is 1. The van der Waals surface area contributed by atoms with Gasteiger partial charge in [-0.25, -0.2) is 19.2 Å². The second kappa shape index (κ2) is 11.7. The smallest absolute Gasteiger partial charge is 0.410 e. The van der Waals surface area contributed by atoms with Crippen molar-refractivity contribution in [2.45, 2.75) is 38.8 Å². The molecular weight excluding hydrogens is 549 g/mol. The van der Waals surface area contributed by atoms with E-state index in [1.165, 1.54) is 17.8 Å². The molecular formula is C31H38FN9O2. The molecule has 0 bridgehead atoms. The average Bonchev–Trinajstić information content (AvgIpc) is 3.59. The van der Waals surface area contributed by atoms with E-state index in [9.17, 15) is 9.18 Å². The molecule has 0 saturated carbocycles. The van der Waals surface area contributed by atoms with Crippen LogP contribution in [0.2, 0.25) is 0 Å². The van der Waals surface area contributed by atoms with E-state index in [-0.39, 0.29) is 18.0 Å². The largest absolute Gasteiger partial charge is 0.444 e. The van der Waals surface area contributed by atoms with Gasteiger partial charge >= 0.3 is 6.09 Å². The number of likely N-dealkylation sites (tertiary alicyclic amines) is 1. The van der Waals surface area contributed by atoms with Crippen LogP contribution >= 0.6 is 0 Å². The Morgan fingerprint density at radius 2 is 1.60 bits per heavy atom. The van der Waals surface area contributed by atoms with Gasteiger partial charge in [0.2, 0.25) is 11.9 Å². The van der Waals surface area contributed by atoms with Crippen molar-refractivity contribution in [1.82, 2.24) is 29.3 Å². The second-order valence-corrected chi connectivity index (χ2v) is 12.2. The van der Waals surface area contributed by atoms with Crippen LogP contribution in [-0.4, -0.2) is 87.3 Å². The molecule has 0 radical (unpaired) electrons. The maximum Gasteiger partial charge on any atom is 0.410 e. The lowest BCUT2D eigenvalue weighted by Crippen LogP contribution is -2.44. The van der Waals surface area contributed by atoms with Crippen molar-refractivity contribution in [3.63, 3.8) is 0 Å². The fourth-order valence-electron chi connectivity index (χ4n) is 5.44. The van der Waals surface area contributed by atoms with Crippen molar-refractivity contribution < 1.29 is 13.9 Å². The van der Waals surface area contributed by atoms with E-state index < -0.39 is 5.60 Å². The van der Waals surface area contributed by atoms with Gasteiger partial charge in [-0.3, -0.25) is 4.57 Å². The number of hydrogen-bond donors (Lipinski definition) is 2. The first kappa shape index (κ1) is 28.7. The van der Waals surface area contributed by atoms with Crippen LogP contribution in [0.25, 0.3) is 11.2 Å². The first-order chi connectivity index (χ1) is 20.6. The molecule has 2 saturated heterocycles. The average molecular weight is 588 g/mol. The Labute approximate surface area is 250 Å². The summed E-state index contributed by atoms with van der Waals surface area (Å²) in [4.78, 5) is 33.5. The highest BCUT2D eigenvalue weighted by molar-refractivity contribution is 5.77. The highest BCUT2D eigenvalue weighted by Gasteiger charge is 2.33. The van der Waals surface area contributed by atoms with Crippen LogP contribution in [-0.2, 0) is 4.74 Å². The van der Waals surface area contributed by atoms with Gasteiger partial charge in [-0.15, -0.1) is 0 Å². The number of nitrogens with one attached hydrogen (secondary N) is 2. The van der Waals surface area contributed by atoms with E-state index in [0.717, 1.165) is 31.9 Å².